The molecule has 7 heteroatoms. The first-order valence-corrected chi connectivity index (χ1v) is 8.19. The first kappa shape index (κ1) is 15.5. The summed E-state index contributed by atoms with van der Waals surface area (Å²) in [6, 6.07) is 7.64. The number of hydrogen-bond acceptors (Lipinski definition) is 4. The molecule has 2 rings (SSSR count). The van der Waals surface area contributed by atoms with Crippen molar-refractivity contribution in [3.8, 4) is 6.07 Å². The standard InChI is InChI=1S/C14H17N3O3S/c1-11(18)17-8-4-6-13(10-17)16-21(19,20)14-7-3-2-5-12(14)9-15/h2-3,5,7,13,16H,4,6,8,10H2,1H3/t13-/m0/s1. The van der Waals surface area contributed by atoms with Crippen LogP contribution in [0.4, 0.5) is 0 Å². The molecule has 1 atom stereocenters. The van der Waals surface area contributed by atoms with Gasteiger partial charge in [-0.2, -0.15) is 5.26 Å². The maximum atomic E-state index is 12.4. The molecule has 1 aliphatic heterocycles. The van der Waals surface area contributed by atoms with Crippen LogP contribution < -0.4 is 4.72 Å². The van der Waals surface area contributed by atoms with Gasteiger partial charge in [-0.25, -0.2) is 13.1 Å². The zero-order chi connectivity index (χ0) is 15.5. The van der Waals surface area contributed by atoms with Gasteiger partial charge in [-0.1, -0.05) is 12.1 Å². The summed E-state index contributed by atoms with van der Waals surface area (Å²) >= 11 is 0. The van der Waals surface area contributed by atoms with Crippen molar-refractivity contribution in [3.05, 3.63) is 29.8 Å². The van der Waals surface area contributed by atoms with E-state index in [0.717, 1.165) is 6.42 Å². The predicted molar refractivity (Wildman–Crippen MR) is 76.8 cm³/mol. The minimum Gasteiger partial charge on any atom is -0.341 e. The fourth-order valence-corrected chi connectivity index (χ4v) is 3.85. The van der Waals surface area contributed by atoms with E-state index in [2.05, 4.69) is 4.72 Å². The fraction of sp³-hybridized carbons (Fsp3) is 0.429. The number of likely N-dealkylation sites (tertiary alicyclic amines) is 1. The van der Waals surface area contributed by atoms with E-state index in [4.69, 9.17) is 5.26 Å². The van der Waals surface area contributed by atoms with Crippen LogP contribution in [0.5, 0.6) is 0 Å². The molecule has 21 heavy (non-hydrogen) atoms. The predicted octanol–water partition coefficient (Wildman–Crippen LogP) is 0.847. The average molecular weight is 307 g/mol. The Labute approximate surface area is 124 Å². The summed E-state index contributed by atoms with van der Waals surface area (Å²) in [7, 11) is -3.76. The molecule has 0 aliphatic carbocycles. The van der Waals surface area contributed by atoms with E-state index >= 15 is 0 Å². The molecule has 0 aromatic heterocycles. The van der Waals surface area contributed by atoms with Gasteiger partial charge in [0.1, 0.15) is 6.07 Å². The number of nitrogens with one attached hydrogen (secondary N) is 1. The van der Waals surface area contributed by atoms with Gasteiger partial charge in [0.2, 0.25) is 15.9 Å². The number of carbonyl (C=O) groups is 1. The number of amides is 1. The van der Waals surface area contributed by atoms with Crippen LogP contribution in [0.1, 0.15) is 25.3 Å². The second-order valence-electron chi connectivity index (χ2n) is 5.03. The first-order chi connectivity index (χ1) is 9.94. The third-order valence-corrected chi connectivity index (χ3v) is 5.06. The normalized spacial score (nSPS) is 19.0. The van der Waals surface area contributed by atoms with E-state index in [9.17, 15) is 13.2 Å². The molecule has 0 bridgehead atoms. The number of piperidine rings is 1. The Morgan fingerprint density at radius 1 is 1.43 bits per heavy atom. The Hall–Kier alpha value is -1.91. The molecule has 1 heterocycles. The number of nitrogens with zero attached hydrogens (tertiary/aromatic N) is 2. The van der Waals surface area contributed by atoms with Gasteiger partial charge < -0.3 is 4.90 Å². The quantitative estimate of drug-likeness (QED) is 0.896. The summed E-state index contributed by atoms with van der Waals surface area (Å²) in [5, 5.41) is 9.01. The van der Waals surface area contributed by atoms with Crippen molar-refractivity contribution < 1.29 is 13.2 Å². The highest BCUT2D eigenvalue weighted by atomic mass is 32.2. The van der Waals surface area contributed by atoms with Crippen LogP contribution in [0.3, 0.4) is 0 Å². The highest BCUT2D eigenvalue weighted by molar-refractivity contribution is 7.89. The SMILES string of the molecule is CC(=O)N1CCC[C@H](NS(=O)(=O)c2ccccc2C#N)C1. The molecule has 6 nitrogen and oxygen atoms in total. The van der Waals surface area contributed by atoms with Crippen LogP contribution in [0, 0.1) is 11.3 Å². The second-order valence-corrected chi connectivity index (χ2v) is 6.72. The summed E-state index contributed by atoms with van der Waals surface area (Å²) in [5.41, 5.74) is 0.115. The maximum absolute atomic E-state index is 12.4. The van der Waals surface area contributed by atoms with Crippen LogP contribution in [0.15, 0.2) is 29.2 Å². The summed E-state index contributed by atoms with van der Waals surface area (Å²) in [6.07, 6.45) is 1.43. The highest BCUT2D eigenvalue weighted by Crippen LogP contribution is 2.17. The number of carbonyl (C=O) groups excluding carboxylic acids is 1. The van der Waals surface area contributed by atoms with E-state index in [1.54, 1.807) is 17.0 Å². The Morgan fingerprint density at radius 3 is 2.81 bits per heavy atom. The van der Waals surface area contributed by atoms with Crippen molar-refractivity contribution in [2.24, 2.45) is 0 Å². The average Bonchev–Trinajstić information content (AvgIpc) is 2.47. The van der Waals surface area contributed by atoms with Gasteiger partial charge in [0.25, 0.3) is 0 Å². The molecule has 0 saturated carbocycles. The lowest BCUT2D eigenvalue weighted by Gasteiger charge is -2.32. The van der Waals surface area contributed by atoms with E-state index < -0.39 is 10.0 Å². The summed E-state index contributed by atoms with van der Waals surface area (Å²) in [4.78, 5) is 13.0. The topological polar surface area (TPSA) is 90.3 Å². The van der Waals surface area contributed by atoms with Gasteiger partial charge >= 0.3 is 0 Å². The van der Waals surface area contributed by atoms with Crippen molar-refractivity contribution in [2.45, 2.75) is 30.7 Å². The molecule has 0 spiro atoms. The van der Waals surface area contributed by atoms with Crippen molar-refractivity contribution in [1.29, 1.82) is 5.26 Å². The summed E-state index contributed by atoms with van der Waals surface area (Å²) in [6.45, 7) is 2.49. The van der Waals surface area contributed by atoms with Gasteiger partial charge in [0, 0.05) is 26.1 Å². The molecular formula is C14H17N3O3S. The molecule has 1 aromatic carbocycles. The zero-order valence-electron chi connectivity index (χ0n) is 11.7. The van der Waals surface area contributed by atoms with E-state index in [0.29, 0.717) is 19.5 Å². The first-order valence-electron chi connectivity index (χ1n) is 6.71. The van der Waals surface area contributed by atoms with Crippen LogP contribution >= 0.6 is 0 Å². The Balaban J connectivity index is 2.18. The molecule has 1 fully saturated rings. The minimum absolute atomic E-state index is 0.0209. The number of sulfonamides is 1. The lowest BCUT2D eigenvalue weighted by molar-refractivity contribution is -0.130. The summed E-state index contributed by atoms with van der Waals surface area (Å²) < 4.78 is 27.4. The van der Waals surface area contributed by atoms with Gasteiger partial charge in [0.15, 0.2) is 0 Å². The van der Waals surface area contributed by atoms with Crippen LogP contribution in [-0.2, 0) is 14.8 Å². The molecular weight excluding hydrogens is 290 g/mol. The van der Waals surface area contributed by atoms with Crippen molar-refractivity contribution in [3.63, 3.8) is 0 Å². The Morgan fingerprint density at radius 2 is 2.14 bits per heavy atom. The number of benzene rings is 1. The van der Waals surface area contributed by atoms with Gasteiger partial charge in [-0.3, -0.25) is 4.79 Å². The van der Waals surface area contributed by atoms with Gasteiger partial charge in [-0.05, 0) is 25.0 Å². The van der Waals surface area contributed by atoms with Crippen LogP contribution in [0.25, 0.3) is 0 Å². The Bertz CT molecular complexity index is 679. The number of nitriles is 1. The van der Waals surface area contributed by atoms with E-state index in [1.165, 1.54) is 19.1 Å². The van der Waals surface area contributed by atoms with Crippen molar-refractivity contribution in [1.82, 2.24) is 9.62 Å². The molecule has 1 amide bonds. The largest absolute Gasteiger partial charge is 0.341 e. The molecule has 1 N–H and O–H groups in total. The van der Waals surface area contributed by atoms with Crippen LogP contribution in [-0.4, -0.2) is 38.4 Å². The molecule has 1 saturated heterocycles. The molecule has 0 radical (unpaired) electrons. The van der Waals surface area contributed by atoms with Gasteiger partial charge in [0.05, 0.1) is 10.5 Å². The fourth-order valence-electron chi connectivity index (χ4n) is 2.44. The monoisotopic (exact) mass is 307 g/mol. The van der Waals surface area contributed by atoms with Gasteiger partial charge in [-0.15, -0.1) is 0 Å². The maximum Gasteiger partial charge on any atom is 0.242 e. The van der Waals surface area contributed by atoms with Crippen LogP contribution in [0.2, 0.25) is 0 Å². The van der Waals surface area contributed by atoms with E-state index in [-0.39, 0.29) is 22.4 Å². The third kappa shape index (κ3) is 3.60. The minimum atomic E-state index is -3.76. The molecule has 1 aliphatic rings. The number of hydrogen-bond donors (Lipinski definition) is 1. The summed E-state index contributed by atoms with van der Waals surface area (Å²) in [5.74, 6) is -0.0590. The number of rotatable bonds is 3. The Kier molecular flexibility index (Phi) is 4.60. The molecule has 112 valence electrons. The van der Waals surface area contributed by atoms with E-state index in [1.807, 2.05) is 6.07 Å². The van der Waals surface area contributed by atoms with Crippen molar-refractivity contribution in [2.75, 3.05) is 13.1 Å². The van der Waals surface area contributed by atoms with Crippen molar-refractivity contribution >= 4 is 15.9 Å². The zero-order valence-corrected chi connectivity index (χ0v) is 12.6. The lowest BCUT2D eigenvalue weighted by Crippen LogP contribution is -2.49. The molecule has 0 unspecified atom stereocenters. The highest BCUT2D eigenvalue weighted by Gasteiger charge is 2.27. The third-order valence-electron chi connectivity index (χ3n) is 3.49. The lowest BCUT2D eigenvalue weighted by atomic mass is 10.1. The smallest absolute Gasteiger partial charge is 0.242 e. The second kappa shape index (κ2) is 6.24. The molecule has 1 aromatic rings.